The number of carbonyl (C=O) groups excluding carboxylic acids is 2. The van der Waals surface area contributed by atoms with Gasteiger partial charge in [-0.1, -0.05) is 15.9 Å². The fourth-order valence-corrected chi connectivity index (χ4v) is 4.81. The Hall–Kier alpha value is -2.23. The third-order valence-corrected chi connectivity index (χ3v) is 7.15. The Kier molecular flexibility index (Phi) is 6.17. The van der Waals surface area contributed by atoms with Crippen LogP contribution in [-0.4, -0.2) is 37.6 Å². The van der Waals surface area contributed by atoms with Gasteiger partial charge in [-0.15, -0.1) is 0 Å². The number of rotatable bonds is 5. The Morgan fingerprint density at radius 2 is 1.57 bits per heavy atom. The SMILES string of the molecule is NC(=O)c1ccc(NC(=O)C2CCN(S(=O)(=O)c3ccc(Br)cc3)CC2)cc1. The van der Waals surface area contributed by atoms with Gasteiger partial charge in [-0.05, 0) is 61.4 Å². The molecule has 3 N–H and O–H groups in total. The van der Waals surface area contributed by atoms with E-state index < -0.39 is 15.9 Å². The summed E-state index contributed by atoms with van der Waals surface area (Å²) in [6.45, 7) is 0.578. The van der Waals surface area contributed by atoms with Gasteiger partial charge in [0, 0.05) is 34.7 Å². The minimum atomic E-state index is -3.56. The van der Waals surface area contributed by atoms with Gasteiger partial charge < -0.3 is 11.1 Å². The molecule has 3 rings (SSSR count). The summed E-state index contributed by atoms with van der Waals surface area (Å²) in [5.74, 6) is -0.961. The maximum atomic E-state index is 12.7. The van der Waals surface area contributed by atoms with Crippen LogP contribution in [0.3, 0.4) is 0 Å². The van der Waals surface area contributed by atoms with Crippen molar-refractivity contribution < 1.29 is 18.0 Å². The fourth-order valence-electron chi connectivity index (χ4n) is 3.08. The van der Waals surface area contributed by atoms with E-state index in [1.807, 2.05) is 0 Å². The molecule has 7 nitrogen and oxygen atoms in total. The topological polar surface area (TPSA) is 110 Å². The summed E-state index contributed by atoms with van der Waals surface area (Å²) in [5, 5.41) is 2.81. The van der Waals surface area contributed by atoms with Crippen LogP contribution >= 0.6 is 15.9 Å². The van der Waals surface area contributed by atoms with Crippen LogP contribution in [0.15, 0.2) is 57.9 Å². The van der Waals surface area contributed by atoms with Gasteiger partial charge in [0.1, 0.15) is 0 Å². The molecule has 0 saturated carbocycles. The van der Waals surface area contributed by atoms with Gasteiger partial charge in [0.05, 0.1) is 4.90 Å². The minimum Gasteiger partial charge on any atom is -0.366 e. The molecule has 0 radical (unpaired) electrons. The smallest absolute Gasteiger partial charge is 0.248 e. The molecular formula is C19H20BrN3O4S. The third-order valence-electron chi connectivity index (χ3n) is 4.71. The summed E-state index contributed by atoms with van der Waals surface area (Å²) in [5.41, 5.74) is 6.13. The summed E-state index contributed by atoms with van der Waals surface area (Å²) in [6.07, 6.45) is 0.891. The van der Waals surface area contributed by atoms with Crippen molar-refractivity contribution in [1.82, 2.24) is 4.31 Å². The number of nitrogens with zero attached hydrogens (tertiary/aromatic N) is 1. The van der Waals surface area contributed by atoms with Crippen LogP contribution in [0.1, 0.15) is 23.2 Å². The molecule has 0 unspecified atom stereocenters. The average molecular weight is 466 g/mol. The largest absolute Gasteiger partial charge is 0.366 e. The van der Waals surface area contributed by atoms with Crippen LogP contribution in [-0.2, 0) is 14.8 Å². The van der Waals surface area contributed by atoms with Gasteiger partial charge in [-0.3, -0.25) is 9.59 Å². The minimum absolute atomic E-state index is 0.160. The second kappa shape index (κ2) is 8.42. The fraction of sp³-hybridized carbons (Fsp3) is 0.263. The first-order chi connectivity index (χ1) is 13.3. The van der Waals surface area contributed by atoms with E-state index in [2.05, 4.69) is 21.2 Å². The van der Waals surface area contributed by atoms with Crippen LogP contribution in [0.25, 0.3) is 0 Å². The molecule has 28 heavy (non-hydrogen) atoms. The summed E-state index contributed by atoms with van der Waals surface area (Å²) >= 11 is 3.29. The molecule has 0 bridgehead atoms. The first-order valence-corrected chi connectivity index (χ1v) is 11.0. The van der Waals surface area contributed by atoms with E-state index in [1.165, 1.54) is 4.31 Å². The lowest BCUT2D eigenvalue weighted by Gasteiger charge is -2.30. The summed E-state index contributed by atoms with van der Waals surface area (Å²) < 4.78 is 27.7. The number of benzene rings is 2. The second-order valence-corrected chi connectivity index (χ2v) is 9.42. The molecule has 1 aliphatic rings. The van der Waals surface area contributed by atoms with E-state index in [9.17, 15) is 18.0 Å². The van der Waals surface area contributed by atoms with E-state index in [0.717, 1.165) is 4.47 Å². The number of carbonyl (C=O) groups is 2. The molecular weight excluding hydrogens is 446 g/mol. The van der Waals surface area contributed by atoms with Gasteiger partial charge in [0.25, 0.3) is 0 Å². The third kappa shape index (κ3) is 4.60. The van der Waals surface area contributed by atoms with Crippen LogP contribution < -0.4 is 11.1 Å². The van der Waals surface area contributed by atoms with Crippen molar-refractivity contribution in [2.24, 2.45) is 11.7 Å². The summed E-state index contributed by atoms with van der Waals surface area (Å²) in [6, 6.07) is 12.8. The molecule has 148 valence electrons. The lowest BCUT2D eigenvalue weighted by molar-refractivity contribution is -0.120. The molecule has 0 atom stereocenters. The average Bonchev–Trinajstić information content (AvgIpc) is 2.69. The highest BCUT2D eigenvalue weighted by molar-refractivity contribution is 9.10. The first kappa shape index (κ1) is 20.5. The Bertz CT molecular complexity index is 967. The molecule has 9 heteroatoms. The highest BCUT2D eigenvalue weighted by Gasteiger charge is 2.32. The van der Waals surface area contributed by atoms with E-state index in [1.54, 1.807) is 48.5 Å². The molecule has 1 aliphatic heterocycles. The van der Waals surface area contributed by atoms with Gasteiger partial charge in [0.15, 0.2) is 0 Å². The van der Waals surface area contributed by atoms with Crippen molar-refractivity contribution in [2.75, 3.05) is 18.4 Å². The van der Waals surface area contributed by atoms with Crippen LogP contribution in [0.5, 0.6) is 0 Å². The Balaban J connectivity index is 1.59. The van der Waals surface area contributed by atoms with Crippen molar-refractivity contribution in [3.8, 4) is 0 Å². The van der Waals surface area contributed by atoms with Crippen LogP contribution in [0, 0.1) is 5.92 Å². The summed E-state index contributed by atoms with van der Waals surface area (Å²) in [7, 11) is -3.56. The lowest BCUT2D eigenvalue weighted by Crippen LogP contribution is -2.41. The molecule has 2 aromatic rings. The number of hydrogen-bond donors (Lipinski definition) is 2. The molecule has 0 aromatic heterocycles. The number of nitrogens with two attached hydrogens (primary N) is 1. The molecule has 0 spiro atoms. The highest BCUT2D eigenvalue weighted by atomic mass is 79.9. The Morgan fingerprint density at radius 3 is 2.11 bits per heavy atom. The Morgan fingerprint density at radius 1 is 1.00 bits per heavy atom. The van der Waals surface area contributed by atoms with E-state index in [0.29, 0.717) is 24.1 Å². The van der Waals surface area contributed by atoms with Crippen molar-refractivity contribution in [1.29, 1.82) is 0 Å². The zero-order valence-electron chi connectivity index (χ0n) is 15.0. The number of primary amides is 1. The van der Waals surface area contributed by atoms with E-state index in [-0.39, 0.29) is 29.8 Å². The maximum absolute atomic E-state index is 12.7. The monoisotopic (exact) mass is 465 g/mol. The first-order valence-electron chi connectivity index (χ1n) is 8.74. The molecule has 0 aliphatic carbocycles. The maximum Gasteiger partial charge on any atom is 0.248 e. The normalized spacial score (nSPS) is 15.9. The zero-order valence-corrected chi connectivity index (χ0v) is 17.4. The lowest BCUT2D eigenvalue weighted by atomic mass is 9.97. The van der Waals surface area contributed by atoms with Crippen molar-refractivity contribution >= 4 is 43.5 Å². The predicted octanol–water partition coefficient (Wildman–Crippen LogP) is 2.59. The van der Waals surface area contributed by atoms with Gasteiger partial charge in [-0.25, -0.2) is 8.42 Å². The standard InChI is InChI=1S/C19H20BrN3O4S/c20-15-3-7-17(8-4-15)28(26,27)23-11-9-14(10-12-23)19(25)22-16-5-1-13(2-6-16)18(21)24/h1-8,14H,9-12H2,(H2,21,24)(H,22,25). The predicted molar refractivity (Wildman–Crippen MR) is 109 cm³/mol. The van der Waals surface area contributed by atoms with Crippen LogP contribution in [0.2, 0.25) is 0 Å². The number of halogens is 1. The Labute approximate surface area is 172 Å². The van der Waals surface area contributed by atoms with E-state index in [4.69, 9.17) is 5.73 Å². The number of hydrogen-bond acceptors (Lipinski definition) is 4. The molecule has 2 aromatic carbocycles. The molecule has 2 amide bonds. The summed E-state index contributed by atoms with van der Waals surface area (Å²) in [4.78, 5) is 23.8. The zero-order chi connectivity index (χ0) is 20.3. The highest BCUT2D eigenvalue weighted by Crippen LogP contribution is 2.25. The van der Waals surface area contributed by atoms with Crippen LogP contribution in [0.4, 0.5) is 5.69 Å². The van der Waals surface area contributed by atoms with Crippen molar-refractivity contribution in [3.63, 3.8) is 0 Å². The number of nitrogens with one attached hydrogen (secondary N) is 1. The molecule has 1 heterocycles. The number of sulfonamides is 1. The second-order valence-electron chi connectivity index (χ2n) is 6.56. The van der Waals surface area contributed by atoms with Gasteiger partial charge in [-0.2, -0.15) is 4.31 Å². The van der Waals surface area contributed by atoms with E-state index >= 15 is 0 Å². The quantitative estimate of drug-likeness (QED) is 0.706. The molecule has 1 saturated heterocycles. The van der Waals surface area contributed by atoms with Gasteiger partial charge in [0.2, 0.25) is 21.8 Å². The van der Waals surface area contributed by atoms with Crippen molar-refractivity contribution in [2.45, 2.75) is 17.7 Å². The number of amides is 2. The number of anilines is 1. The van der Waals surface area contributed by atoms with Crippen molar-refractivity contribution in [3.05, 3.63) is 58.6 Å². The van der Waals surface area contributed by atoms with Gasteiger partial charge >= 0.3 is 0 Å². The molecule has 1 fully saturated rings. The number of piperidine rings is 1.